The highest BCUT2D eigenvalue weighted by Crippen LogP contribution is 2.23. The first kappa shape index (κ1) is 17.2. The smallest absolute Gasteiger partial charge is 0.282 e. The van der Waals surface area contributed by atoms with Gasteiger partial charge >= 0.3 is 0 Å². The molecule has 0 aliphatic rings. The van der Waals surface area contributed by atoms with E-state index in [2.05, 4.69) is 10.1 Å². The summed E-state index contributed by atoms with van der Waals surface area (Å²) >= 11 is 1.51. The second-order valence-electron chi connectivity index (χ2n) is 5.49. The van der Waals surface area contributed by atoms with E-state index in [0.717, 1.165) is 17.7 Å². The van der Waals surface area contributed by atoms with Gasteiger partial charge in [-0.1, -0.05) is 13.8 Å². The molecule has 0 aliphatic carbocycles. The molecule has 0 spiro atoms. The molecule has 0 radical (unpaired) electrons. The van der Waals surface area contributed by atoms with Gasteiger partial charge in [0.05, 0.1) is 18.2 Å². The van der Waals surface area contributed by atoms with Gasteiger partial charge in [-0.2, -0.15) is 9.78 Å². The van der Waals surface area contributed by atoms with Crippen LogP contribution in [0.25, 0.3) is 10.2 Å². The van der Waals surface area contributed by atoms with Crippen molar-refractivity contribution in [2.45, 2.75) is 26.7 Å². The molecule has 0 aliphatic heterocycles. The van der Waals surface area contributed by atoms with Crippen LogP contribution in [0.3, 0.4) is 0 Å². The summed E-state index contributed by atoms with van der Waals surface area (Å²) in [5.41, 5.74) is 0.273. The summed E-state index contributed by atoms with van der Waals surface area (Å²) in [7, 11) is 0. The zero-order valence-corrected chi connectivity index (χ0v) is 14.9. The third-order valence-electron chi connectivity index (χ3n) is 3.63. The molecule has 6 nitrogen and oxygen atoms in total. The van der Waals surface area contributed by atoms with Gasteiger partial charge in [-0.3, -0.25) is 4.79 Å². The lowest BCUT2D eigenvalue weighted by atomic mass is 10.2. The van der Waals surface area contributed by atoms with Crippen LogP contribution in [0.5, 0.6) is 11.5 Å². The SMILES string of the molecule is CCCOc1ccc(/C=N/n2cnc3sc(CC)cc3c2=O)c(O)c1. The summed E-state index contributed by atoms with van der Waals surface area (Å²) < 4.78 is 6.64. The average molecular weight is 357 g/mol. The molecular weight excluding hydrogens is 338 g/mol. The second kappa shape index (κ2) is 7.48. The van der Waals surface area contributed by atoms with E-state index in [-0.39, 0.29) is 11.3 Å². The first-order chi connectivity index (χ1) is 12.1. The highest BCUT2D eigenvalue weighted by atomic mass is 32.1. The molecule has 130 valence electrons. The van der Waals surface area contributed by atoms with Crippen molar-refractivity contribution in [3.05, 3.63) is 51.4 Å². The molecule has 0 saturated heterocycles. The van der Waals surface area contributed by atoms with Gasteiger partial charge in [-0.15, -0.1) is 11.3 Å². The lowest BCUT2D eigenvalue weighted by Gasteiger charge is -2.06. The number of fused-ring (bicyclic) bond motifs is 1. The number of thiophene rings is 1. The normalized spacial score (nSPS) is 11.4. The minimum absolute atomic E-state index is 0.0447. The number of aryl methyl sites for hydroxylation is 1. The van der Waals surface area contributed by atoms with Gasteiger partial charge < -0.3 is 9.84 Å². The second-order valence-corrected chi connectivity index (χ2v) is 6.61. The first-order valence-electron chi connectivity index (χ1n) is 8.12. The quantitative estimate of drug-likeness (QED) is 0.686. The Bertz CT molecular complexity index is 975. The Kier molecular flexibility index (Phi) is 5.14. The van der Waals surface area contributed by atoms with E-state index in [1.54, 1.807) is 12.1 Å². The summed E-state index contributed by atoms with van der Waals surface area (Å²) in [5.74, 6) is 0.644. The van der Waals surface area contributed by atoms with E-state index in [9.17, 15) is 9.90 Å². The molecule has 3 rings (SSSR count). The Hall–Kier alpha value is -2.67. The minimum Gasteiger partial charge on any atom is -0.507 e. The Morgan fingerprint density at radius 1 is 1.36 bits per heavy atom. The number of phenolic OH excluding ortho intramolecular Hbond substituents is 1. The Morgan fingerprint density at radius 3 is 2.92 bits per heavy atom. The fourth-order valence-electron chi connectivity index (χ4n) is 2.29. The molecule has 0 bridgehead atoms. The number of hydrogen-bond acceptors (Lipinski definition) is 6. The van der Waals surface area contributed by atoms with Crippen molar-refractivity contribution in [2.75, 3.05) is 6.61 Å². The summed E-state index contributed by atoms with van der Waals surface area (Å²) in [6, 6.07) is 6.85. The first-order valence-corrected chi connectivity index (χ1v) is 8.94. The zero-order valence-electron chi connectivity index (χ0n) is 14.1. The van der Waals surface area contributed by atoms with E-state index < -0.39 is 0 Å². The van der Waals surface area contributed by atoms with Crippen LogP contribution in [0.2, 0.25) is 0 Å². The molecule has 0 saturated carbocycles. The van der Waals surface area contributed by atoms with Crippen LogP contribution in [0.1, 0.15) is 30.7 Å². The summed E-state index contributed by atoms with van der Waals surface area (Å²) in [6.45, 7) is 4.65. The molecule has 0 fully saturated rings. The molecule has 2 aromatic heterocycles. The van der Waals surface area contributed by atoms with Gasteiger partial charge in [0, 0.05) is 16.5 Å². The Balaban J connectivity index is 1.88. The van der Waals surface area contributed by atoms with Gasteiger partial charge in [0.25, 0.3) is 5.56 Å². The molecule has 0 amide bonds. The summed E-state index contributed by atoms with van der Waals surface area (Å²) in [6.07, 6.45) is 4.59. The van der Waals surface area contributed by atoms with Crippen LogP contribution < -0.4 is 10.3 Å². The molecule has 1 N–H and O–H groups in total. The lowest BCUT2D eigenvalue weighted by molar-refractivity contribution is 0.315. The van der Waals surface area contributed by atoms with Gasteiger partial charge in [-0.05, 0) is 31.0 Å². The monoisotopic (exact) mass is 357 g/mol. The van der Waals surface area contributed by atoms with Gasteiger partial charge in [0.15, 0.2) is 0 Å². The van der Waals surface area contributed by atoms with Crippen LogP contribution in [-0.4, -0.2) is 27.6 Å². The fraction of sp³-hybridized carbons (Fsp3) is 0.278. The van der Waals surface area contributed by atoms with E-state index in [1.807, 2.05) is 19.9 Å². The third-order valence-corrected chi connectivity index (χ3v) is 4.82. The van der Waals surface area contributed by atoms with Gasteiger partial charge in [-0.25, -0.2) is 4.98 Å². The van der Waals surface area contributed by atoms with Crippen LogP contribution in [-0.2, 0) is 6.42 Å². The molecule has 7 heteroatoms. The van der Waals surface area contributed by atoms with E-state index in [1.165, 1.54) is 34.6 Å². The topological polar surface area (TPSA) is 76.7 Å². The molecule has 2 heterocycles. The maximum Gasteiger partial charge on any atom is 0.282 e. The molecular formula is C18H19N3O3S. The molecule has 0 unspecified atom stereocenters. The zero-order chi connectivity index (χ0) is 17.8. The largest absolute Gasteiger partial charge is 0.507 e. The number of phenols is 1. The maximum absolute atomic E-state index is 12.5. The average Bonchev–Trinajstić information content (AvgIpc) is 3.05. The van der Waals surface area contributed by atoms with Crippen LogP contribution in [0.15, 0.2) is 40.5 Å². The number of aromatic hydroxyl groups is 1. The van der Waals surface area contributed by atoms with Crippen molar-refractivity contribution in [3.63, 3.8) is 0 Å². The molecule has 3 aromatic rings. The van der Waals surface area contributed by atoms with Crippen LogP contribution >= 0.6 is 11.3 Å². The van der Waals surface area contributed by atoms with Crippen LogP contribution in [0.4, 0.5) is 0 Å². The fourth-order valence-corrected chi connectivity index (χ4v) is 3.21. The highest BCUT2D eigenvalue weighted by Gasteiger charge is 2.08. The van der Waals surface area contributed by atoms with E-state index in [0.29, 0.717) is 28.1 Å². The number of ether oxygens (including phenoxy) is 1. The number of rotatable bonds is 6. The third kappa shape index (κ3) is 3.71. The van der Waals surface area contributed by atoms with Gasteiger partial charge in [0.2, 0.25) is 0 Å². The maximum atomic E-state index is 12.5. The van der Waals surface area contributed by atoms with E-state index in [4.69, 9.17) is 4.74 Å². The number of nitrogens with zero attached hydrogens (tertiary/aromatic N) is 3. The Labute approximate surface area is 149 Å². The van der Waals surface area contributed by atoms with Gasteiger partial charge in [0.1, 0.15) is 22.7 Å². The van der Waals surface area contributed by atoms with Crippen molar-refractivity contribution < 1.29 is 9.84 Å². The van der Waals surface area contributed by atoms with Crippen molar-refractivity contribution >= 4 is 27.8 Å². The Morgan fingerprint density at radius 2 is 2.20 bits per heavy atom. The minimum atomic E-state index is -0.223. The molecule has 1 aromatic carbocycles. The molecule has 25 heavy (non-hydrogen) atoms. The standard InChI is InChI=1S/C18H19N3O3S/c1-3-7-24-13-6-5-12(16(22)8-13)10-20-21-11-19-17-15(18(21)23)9-14(4-2)25-17/h5-6,8-11,22H,3-4,7H2,1-2H3/b20-10+. The molecule has 0 atom stereocenters. The number of benzene rings is 1. The van der Waals surface area contributed by atoms with Crippen molar-refractivity contribution in [1.29, 1.82) is 0 Å². The number of hydrogen-bond donors (Lipinski definition) is 1. The van der Waals surface area contributed by atoms with Crippen LogP contribution in [0, 0.1) is 0 Å². The number of aromatic nitrogens is 2. The lowest BCUT2D eigenvalue weighted by Crippen LogP contribution is -2.16. The predicted molar refractivity (Wildman–Crippen MR) is 100 cm³/mol. The van der Waals surface area contributed by atoms with Crippen molar-refractivity contribution in [3.8, 4) is 11.5 Å². The summed E-state index contributed by atoms with van der Waals surface area (Å²) in [5, 5.41) is 14.8. The van der Waals surface area contributed by atoms with Crippen molar-refractivity contribution in [2.24, 2.45) is 5.10 Å². The predicted octanol–water partition coefficient (Wildman–Crippen LogP) is 3.40. The highest BCUT2D eigenvalue weighted by molar-refractivity contribution is 7.18. The van der Waals surface area contributed by atoms with E-state index >= 15 is 0 Å². The summed E-state index contributed by atoms with van der Waals surface area (Å²) in [4.78, 5) is 18.6. The van der Waals surface area contributed by atoms with Crippen molar-refractivity contribution in [1.82, 2.24) is 9.66 Å².